The molecule has 2 aromatic rings. The number of carbonyl (C=O) groups is 1. The average Bonchev–Trinajstić information content (AvgIpc) is 3.26. The first-order chi connectivity index (χ1) is 17.7. The van der Waals surface area contributed by atoms with Crippen LogP contribution in [0.5, 0.6) is 0 Å². The number of benzene rings is 1. The molecule has 1 amide bonds. The van der Waals surface area contributed by atoms with Crippen LogP contribution in [0.4, 0.5) is 0 Å². The van der Waals surface area contributed by atoms with Crippen molar-refractivity contribution in [2.24, 2.45) is 11.8 Å². The van der Waals surface area contributed by atoms with Gasteiger partial charge in [-0.25, -0.2) is 8.42 Å². The number of rotatable bonds is 10. The number of ether oxygens (including phenoxy) is 1. The molecule has 1 fully saturated rings. The molecule has 1 aromatic heterocycles. The Morgan fingerprint density at radius 3 is 2.51 bits per heavy atom. The van der Waals surface area contributed by atoms with E-state index in [9.17, 15) is 13.2 Å². The molecule has 4 rings (SSSR count). The van der Waals surface area contributed by atoms with Gasteiger partial charge in [0.05, 0.1) is 29.0 Å². The van der Waals surface area contributed by atoms with Gasteiger partial charge in [-0.05, 0) is 79.8 Å². The molecule has 0 unspecified atom stereocenters. The van der Waals surface area contributed by atoms with Crippen molar-refractivity contribution < 1.29 is 17.9 Å². The zero-order chi connectivity index (χ0) is 26.6. The minimum absolute atomic E-state index is 0.0349. The molecule has 7 nitrogen and oxygen atoms in total. The molecule has 2 heterocycles. The maximum atomic E-state index is 12.9. The summed E-state index contributed by atoms with van der Waals surface area (Å²) >= 11 is 0. The van der Waals surface area contributed by atoms with Gasteiger partial charge >= 0.3 is 0 Å². The molecule has 37 heavy (non-hydrogen) atoms. The Morgan fingerprint density at radius 1 is 1.14 bits per heavy atom. The number of pyridine rings is 1. The van der Waals surface area contributed by atoms with Gasteiger partial charge in [-0.2, -0.15) is 0 Å². The molecular formula is C29H41N3O4S. The normalized spacial score (nSPS) is 22.2. The van der Waals surface area contributed by atoms with Crippen molar-refractivity contribution >= 4 is 15.7 Å². The molecule has 1 saturated carbocycles. The van der Waals surface area contributed by atoms with E-state index in [1.165, 1.54) is 30.2 Å². The summed E-state index contributed by atoms with van der Waals surface area (Å²) in [6.45, 7) is 11.3. The van der Waals surface area contributed by atoms with E-state index in [1.807, 2.05) is 12.1 Å². The fourth-order valence-electron chi connectivity index (χ4n) is 5.83. The fraction of sp³-hybridized carbons (Fsp3) is 0.586. The van der Waals surface area contributed by atoms with Crippen LogP contribution in [0.3, 0.4) is 0 Å². The van der Waals surface area contributed by atoms with E-state index in [2.05, 4.69) is 42.0 Å². The molecule has 8 heteroatoms. The lowest BCUT2D eigenvalue weighted by Crippen LogP contribution is -2.33. The number of hydrogen-bond acceptors (Lipinski definition) is 6. The topological polar surface area (TPSA) is 88.6 Å². The van der Waals surface area contributed by atoms with Gasteiger partial charge in [-0.3, -0.25) is 14.7 Å². The van der Waals surface area contributed by atoms with Crippen LogP contribution in [-0.4, -0.2) is 49.2 Å². The summed E-state index contributed by atoms with van der Waals surface area (Å²) in [5.74, 6) is 1.07. The zero-order valence-electron chi connectivity index (χ0n) is 22.6. The van der Waals surface area contributed by atoms with E-state index >= 15 is 0 Å². The first-order valence-electron chi connectivity index (χ1n) is 13.7. The van der Waals surface area contributed by atoms with Crippen LogP contribution >= 0.6 is 0 Å². The summed E-state index contributed by atoms with van der Waals surface area (Å²) in [6.07, 6.45) is 6.53. The standard InChI is InChI=1S/C29H41N3O4S/c1-5-36-25-11-7-21(8-12-25)18-32-19-23-15-22(9-14-27(23)28(32)20(3)4)29(33)31-16-24-10-13-26(17-30-24)37(34,35)6-2/h9-10,13-15,17,20-21,25,28H,5-8,11-12,16,18-19H2,1-4H3,(H,31,33)/t21-,25-,28-/m1/s1. The number of nitrogens with zero attached hydrogens (tertiary/aromatic N) is 2. The highest BCUT2D eigenvalue weighted by atomic mass is 32.2. The van der Waals surface area contributed by atoms with Crippen LogP contribution in [-0.2, 0) is 27.7 Å². The average molecular weight is 528 g/mol. The maximum absolute atomic E-state index is 12.9. The summed E-state index contributed by atoms with van der Waals surface area (Å²) in [7, 11) is -3.28. The lowest BCUT2D eigenvalue weighted by atomic mass is 9.86. The Morgan fingerprint density at radius 2 is 1.89 bits per heavy atom. The van der Waals surface area contributed by atoms with Crippen LogP contribution < -0.4 is 5.32 Å². The van der Waals surface area contributed by atoms with Gasteiger partial charge < -0.3 is 10.1 Å². The Hall–Kier alpha value is -2.29. The van der Waals surface area contributed by atoms with Gasteiger partial charge in [0.15, 0.2) is 9.84 Å². The molecule has 2 aliphatic rings. The second-order valence-corrected chi connectivity index (χ2v) is 13.0. The third-order valence-corrected chi connectivity index (χ3v) is 9.50. The second-order valence-electron chi connectivity index (χ2n) is 10.7. The van der Waals surface area contributed by atoms with Crippen LogP contribution in [0, 0.1) is 11.8 Å². The lowest BCUT2D eigenvalue weighted by Gasteiger charge is -2.35. The van der Waals surface area contributed by atoms with Crippen molar-refractivity contribution in [2.75, 3.05) is 18.9 Å². The zero-order valence-corrected chi connectivity index (χ0v) is 23.4. The summed E-state index contributed by atoms with van der Waals surface area (Å²) in [5.41, 5.74) is 3.84. The molecule has 0 bridgehead atoms. The molecule has 0 saturated heterocycles. The van der Waals surface area contributed by atoms with Crippen LogP contribution in [0.25, 0.3) is 0 Å². The number of amides is 1. The SMILES string of the molecule is CCO[C@H]1CC[C@H](CN2Cc3cc(C(=O)NCc4ccc(S(=O)(=O)CC)cn4)ccc3[C@H]2C(C)C)CC1. The first-order valence-corrected chi connectivity index (χ1v) is 15.3. The molecule has 0 spiro atoms. The van der Waals surface area contributed by atoms with Gasteiger partial charge in [-0.15, -0.1) is 0 Å². The fourth-order valence-corrected chi connectivity index (χ4v) is 6.65. The van der Waals surface area contributed by atoms with E-state index in [0.717, 1.165) is 32.5 Å². The van der Waals surface area contributed by atoms with Gasteiger partial charge in [0.1, 0.15) is 0 Å². The van der Waals surface area contributed by atoms with Crippen molar-refractivity contribution in [3.05, 3.63) is 58.9 Å². The molecule has 202 valence electrons. The predicted octanol–water partition coefficient (Wildman–Crippen LogP) is 4.91. The molecular weight excluding hydrogens is 486 g/mol. The second kappa shape index (κ2) is 12.0. The van der Waals surface area contributed by atoms with Gasteiger partial charge in [0.2, 0.25) is 0 Å². The Labute approximate surface area is 221 Å². The third kappa shape index (κ3) is 6.59. The number of nitrogens with one attached hydrogen (secondary N) is 1. The van der Waals surface area contributed by atoms with Crippen molar-refractivity contribution in [1.29, 1.82) is 0 Å². The number of sulfone groups is 1. The number of fused-ring (bicyclic) bond motifs is 1. The molecule has 1 N–H and O–H groups in total. The van der Waals surface area contributed by atoms with Crippen LogP contribution in [0.2, 0.25) is 0 Å². The highest BCUT2D eigenvalue weighted by Gasteiger charge is 2.35. The van der Waals surface area contributed by atoms with E-state index in [-0.39, 0.29) is 23.1 Å². The molecule has 1 atom stereocenters. The van der Waals surface area contributed by atoms with Crippen molar-refractivity contribution in [3.63, 3.8) is 0 Å². The van der Waals surface area contributed by atoms with E-state index < -0.39 is 9.84 Å². The van der Waals surface area contributed by atoms with E-state index in [0.29, 0.717) is 35.2 Å². The summed E-state index contributed by atoms with van der Waals surface area (Å²) in [6, 6.07) is 9.66. The minimum atomic E-state index is -3.28. The molecule has 1 aliphatic carbocycles. The summed E-state index contributed by atoms with van der Waals surface area (Å²) in [4.78, 5) is 20.0. The molecule has 1 aromatic carbocycles. The predicted molar refractivity (Wildman–Crippen MR) is 145 cm³/mol. The van der Waals surface area contributed by atoms with Gasteiger partial charge in [0.25, 0.3) is 5.91 Å². The Balaban J connectivity index is 1.38. The smallest absolute Gasteiger partial charge is 0.251 e. The first kappa shape index (κ1) is 27.7. The number of carbonyl (C=O) groups excluding carboxylic acids is 1. The van der Waals surface area contributed by atoms with Gasteiger partial charge in [-0.1, -0.05) is 26.8 Å². The molecule has 0 radical (unpaired) electrons. The Bertz CT molecular complexity index is 1170. The highest BCUT2D eigenvalue weighted by Crippen LogP contribution is 2.41. The number of hydrogen-bond donors (Lipinski definition) is 1. The van der Waals surface area contributed by atoms with Crippen molar-refractivity contribution in [3.8, 4) is 0 Å². The van der Waals surface area contributed by atoms with Crippen LogP contribution in [0.15, 0.2) is 41.4 Å². The maximum Gasteiger partial charge on any atom is 0.251 e. The number of aromatic nitrogens is 1. The van der Waals surface area contributed by atoms with Crippen molar-refractivity contribution in [2.45, 2.75) is 83.5 Å². The monoisotopic (exact) mass is 527 g/mol. The summed E-state index contributed by atoms with van der Waals surface area (Å²) < 4.78 is 29.8. The molecule has 1 aliphatic heterocycles. The van der Waals surface area contributed by atoms with Gasteiger partial charge in [0, 0.05) is 37.5 Å². The third-order valence-electron chi connectivity index (χ3n) is 7.78. The van der Waals surface area contributed by atoms with E-state index in [4.69, 9.17) is 4.74 Å². The highest BCUT2D eigenvalue weighted by molar-refractivity contribution is 7.91. The largest absolute Gasteiger partial charge is 0.379 e. The summed E-state index contributed by atoms with van der Waals surface area (Å²) in [5, 5.41) is 2.93. The Kier molecular flexibility index (Phi) is 9.03. The van der Waals surface area contributed by atoms with Crippen LogP contribution in [0.1, 0.15) is 86.6 Å². The van der Waals surface area contributed by atoms with E-state index in [1.54, 1.807) is 19.1 Å². The lowest BCUT2D eigenvalue weighted by molar-refractivity contribution is 0.0175. The quantitative estimate of drug-likeness (QED) is 0.472. The minimum Gasteiger partial charge on any atom is -0.379 e. The van der Waals surface area contributed by atoms with Crippen molar-refractivity contribution in [1.82, 2.24) is 15.2 Å².